The fourth-order valence-corrected chi connectivity index (χ4v) is 2.11. The van der Waals surface area contributed by atoms with Crippen LogP contribution in [0.5, 0.6) is 0 Å². The fourth-order valence-electron chi connectivity index (χ4n) is 2.11. The number of unbranched alkanes of at least 4 members (excludes halogenated alkanes) is 2. The Morgan fingerprint density at radius 2 is 1.30 bits per heavy atom. The summed E-state index contributed by atoms with van der Waals surface area (Å²) in [5.74, 6) is 0.832. The van der Waals surface area contributed by atoms with Crippen molar-refractivity contribution in [2.45, 2.75) is 51.9 Å². The lowest BCUT2D eigenvalue weighted by Crippen LogP contribution is -2.15. The molecule has 130 valence electrons. The SMILES string of the molecule is CCNCCCCC(CCN)CCCCN.Cl.Cl.Cl.Cl. The van der Waals surface area contributed by atoms with Crippen molar-refractivity contribution in [1.82, 2.24) is 5.32 Å². The maximum Gasteiger partial charge on any atom is -0.00490 e. The molecule has 1 unspecified atom stereocenters. The van der Waals surface area contributed by atoms with E-state index in [0.717, 1.165) is 32.1 Å². The molecule has 0 heterocycles. The summed E-state index contributed by atoms with van der Waals surface area (Å²) in [4.78, 5) is 0. The van der Waals surface area contributed by atoms with E-state index in [1.807, 2.05) is 0 Å². The molecule has 20 heavy (non-hydrogen) atoms. The van der Waals surface area contributed by atoms with Crippen molar-refractivity contribution < 1.29 is 0 Å². The Hall–Kier alpha value is 1.04. The van der Waals surface area contributed by atoms with Gasteiger partial charge in [-0.05, 0) is 51.4 Å². The molecule has 0 fully saturated rings. The van der Waals surface area contributed by atoms with Gasteiger partial charge in [-0.15, -0.1) is 49.6 Å². The molecule has 0 rings (SSSR count). The maximum atomic E-state index is 5.65. The molecule has 0 aliphatic rings. The normalized spacial score (nSPS) is 10.3. The second kappa shape index (κ2) is 28.2. The summed E-state index contributed by atoms with van der Waals surface area (Å²) in [5, 5.41) is 3.37. The highest BCUT2D eigenvalue weighted by Crippen LogP contribution is 2.18. The van der Waals surface area contributed by atoms with E-state index in [4.69, 9.17) is 11.5 Å². The predicted molar refractivity (Wildman–Crippen MR) is 101 cm³/mol. The van der Waals surface area contributed by atoms with Crippen molar-refractivity contribution in [3.8, 4) is 0 Å². The second-order valence-electron chi connectivity index (χ2n) is 4.58. The van der Waals surface area contributed by atoms with Crippen LogP contribution in [0, 0.1) is 5.92 Å². The van der Waals surface area contributed by atoms with E-state index in [1.54, 1.807) is 0 Å². The molecule has 0 spiro atoms. The minimum atomic E-state index is 0. The third-order valence-corrected chi connectivity index (χ3v) is 3.11. The van der Waals surface area contributed by atoms with Crippen molar-refractivity contribution in [1.29, 1.82) is 0 Å². The Balaban J connectivity index is -0.000000187. The molecule has 0 aromatic rings. The molecule has 0 aliphatic carbocycles. The van der Waals surface area contributed by atoms with E-state index >= 15 is 0 Å². The maximum absolute atomic E-state index is 5.65. The topological polar surface area (TPSA) is 64.1 Å². The lowest BCUT2D eigenvalue weighted by Gasteiger charge is -2.15. The van der Waals surface area contributed by atoms with E-state index < -0.39 is 0 Å². The Morgan fingerprint density at radius 1 is 0.750 bits per heavy atom. The number of nitrogens with one attached hydrogen (secondary N) is 1. The Bertz CT molecular complexity index is 143. The van der Waals surface area contributed by atoms with Gasteiger partial charge >= 0.3 is 0 Å². The molecule has 0 aliphatic heterocycles. The third kappa shape index (κ3) is 24.1. The summed E-state index contributed by atoms with van der Waals surface area (Å²) in [7, 11) is 0. The highest BCUT2D eigenvalue weighted by atomic mass is 35.5. The van der Waals surface area contributed by atoms with Crippen LogP contribution in [0.25, 0.3) is 0 Å². The Kier molecular flexibility index (Phi) is 46.4. The molecule has 3 nitrogen and oxygen atoms in total. The van der Waals surface area contributed by atoms with Crippen LogP contribution in [0.2, 0.25) is 0 Å². The number of rotatable bonds is 12. The highest BCUT2D eigenvalue weighted by Gasteiger charge is 2.06. The van der Waals surface area contributed by atoms with E-state index in [1.165, 1.54) is 44.9 Å². The van der Waals surface area contributed by atoms with Gasteiger partial charge in [0.2, 0.25) is 0 Å². The summed E-state index contributed by atoms with van der Waals surface area (Å²) in [6.07, 6.45) is 8.91. The van der Waals surface area contributed by atoms with Gasteiger partial charge in [-0.3, -0.25) is 0 Å². The van der Waals surface area contributed by atoms with Gasteiger partial charge in [0.25, 0.3) is 0 Å². The minimum absolute atomic E-state index is 0. The fraction of sp³-hybridized carbons (Fsp3) is 1.00. The molecule has 0 amide bonds. The zero-order valence-corrected chi connectivity index (χ0v) is 15.9. The van der Waals surface area contributed by atoms with Crippen LogP contribution in [0.1, 0.15) is 51.9 Å². The molecule has 0 radical (unpaired) electrons. The quantitative estimate of drug-likeness (QED) is 0.457. The van der Waals surface area contributed by atoms with Crippen LogP contribution < -0.4 is 16.8 Å². The zero-order chi connectivity index (χ0) is 12.1. The lowest BCUT2D eigenvalue weighted by molar-refractivity contribution is 0.392. The first-order chi connectivity index (χ1) is 7.85. The van der Waals surface area contributed by atoms with E-state index in [-0.39, 0.29) is 49.6 Å². The van der Waals surface area contributed by atoms with Crippen LogP contribution in [0.4, 0.5) is 0 Å². The Labute approximate surface area is 150 Å². The third-order valence-electron chi connectivity index (χ3n) is 3.11. The molecule has 0 saturated carbocycles. The van der Waals surface area contributed by atoms with E-state index in [0.29, 0.717) is 0 Å². The van der Waals surface area contributed by atoms with Crippen LogP contribution in [-0.2, 0) is 0 Å². The zero-order valence-electron chi connectivity index (χ0n) is 12.6. The summed E-state index contributed by atoms with van der Waals surface area (Å²) in [5.41, 5.74) is 11.2. The largest absolute Gasteiger partial charge is 0.330 e. The van der Waals surface area contributed by atoms with Crippen molar-refractivity contribution in [2.24, 2.45) is 17.4 Å². The first-order valence-electron chi connectivity index (χ1n) is 6.96. The molecule has 0 saturated heterocycles. The number of hydrogen-bond acceptors (Lipinski definition) is 3. The number of hydrogen-bond donors (Lipinski definition) is 3. The first kappa shape index (κ1) is 32.8. The van der Waals surface area contributed by atoms with Crippen LogP contribution >= 0.6 is 49.6 Å². The molecule has 0 bridgehead atoms. The summed E-state index contributed by atoms with van der Waals surface area (Å²) < 4.78 is 0. The number of halogens is 4. The van der Waals surface area contributed by atoms with Gasteiger partial charge in [0.15, 0.2) is 0 Å². The van der Waals surface area contributed by atoms with Crippen molar-refractivity contribution >= 4 is 49.6 Å². The van der Waals surface area contributed by atoms with Gasteiger partial charge < -0.3 is 16.8 Å². The highest BCUT2D eigenvalue weighted by molar-refractivity contribution is 5.86. The van der Waals surface area contributed by atoms with Gasteiger partial charge in [0.1, 0.15) is 0 Å². The van der Waals surface area contributed by atoms with Crippen molar-refractivity contribution in [2.75, 3.05) is 26.2 Å². The van der Waals surface area contributed by atoms with E-state index in [2.05, 4.69) is 12.2 Å². The summed E-state index contributed by atoms with van der Waals surface area (Å²) in [6.45, 7) is 6.07. The average Bonchev–Trinajstić information content (AvgIpc) is 2.29. The summed E-state index contributed by atoms with van der Waals surface area (Å²) >= 11 is 0. The average molecular weight is 375 g/mol. The lowest BCUT2D eigenvalue weighted by atomic mass is 9.93. The predicted octanol–water partition coefficient (Wildman–Crippen LogP) is 3.55. The monoisotopic (exact) mass is 373 g/mol. The van der Waals surface area contributed by atoms with Gasteiger partial charge in [-0.2, -0.15) is 0 Å². The van der Waals surface area contributed by atoms with Crippen LogP contribution in [0.15, 0.2) is 0 Å². The van der Waals surface area contributed by atoms with Gasteiger partial charge in [0.05, 0.1) is 0 Å². The molecule has 0 aromatic heterocycles. The molecular weight excluding hydrogens is 340 g/mol. The van der Waals surface area contributed by atoms with Gasteiger partial charge in [-0.1, -0.05) is 32.6 Å². The van der Waals surface area contributed by atoms with Crippen molar-refractivity contribution in [3.63, 3.8) is 0 Å². The summed E-state index contributed by atoms with van der Waals surface area (Å²) in [6, 6.07) is 0. The van der Waals surface area contributed by atoms with Crippen molar-refractivity contribution in [3.05, 3.63) is 0 Å². The molecular formula is C13H35Cl4N3. The van der Waals surface area contributed by atoms with Crippen LogP contribution in [0.3, 0.4) is 0 Å². The molecule has 0 aromatic carbocycles. The van der Waals surface area contributed by atoms with Gasteiger partial charge in [-0.25, -0.2) is 0 Å². The smallest absolute Gasteiger partial charge is 0.00490 e. The van der Waals surface area contributed by atoms with E-state index in [9.17, 15) is 0 Å². The number of nitrogens with two attached hydrogens (primary N) is 2. The molecule has 1 atom stereocenters. The first-order valence-corrected chi connectivity index (χ1v) is 6.96. The van der Waals surface area contributed by atoms with Crippen LogP contribution in [-0.4, -0.2) is 26.2 Å². The second-order valence-corrected chi connectivity index (χ2v) is 4.58. The van der Waals surface area contributed by atoms with Gasteiger partial charge in [0, 0.05) is 0 Å². The molecule has 7 heteroatoms. The molecule has 5 N–H and O–H groups in total. The minimum Gasteiger partial charge on any atom is -0.330 e. The Morgan fingerprint density at radius 3 is 1.75 bits per heavy atom. The standard InChI is InChI=1S/C13H31N3.4ClH/c1-2-16-12-6-4-8-13(9-11-15)7-3-5-10-14;;;;/h13,16H,2-12,14-15H2,1H3;4*1H.